The number of ether oxygens (including phenoxy) is 5. The molecule has 10 heteroatoms. The number of hydrogen-bond acceptors (Lipinski definition) is 9. The van der Waals surface area contributed by atoms with Crippen LogP contribution in [-0.4, -0.2) is 65.6 Å². The van der Waals surface area contributed by atoms with Crippen LogP contribution < -0.4 is 0 Å². The first-order valence-electron chi connectivity index (χ1n) is 18.2. The molecule has 1 saturated carbocycles. The molecule has 0 bridgehead atoms. The molecule has 2 aliphatic heterocycles. The lowest BCUT2D eigenvalue weighted by atomic mass is 9.89. The number of esters is 1. The van der Waals surface area contributed by atoms with E-state index in [0.717, 1.165) is 56.9 Å². The quantitative estimate of drug-likeness (QED) is 0.0649. The number of hydrogen-bond donors (Lipinski definition) is 0. The van der Waals surface area contributed by atoms with E-state index in [1.54, 1.807) is 24.3 Å². The Hall–Kier alpha value is -2.34. The van der Waals surface area contributed by atoms with Crippen LogP contribution in [0.2, 0.25) is 0 Å². The van der Waals surface area contributed by atoms with Gasteiger partial charge in [-0.15, -0.1) is 0 Å². The van der Waals surface area contributed by atoms with Crippen molar-refractivity contribution in [2.24, 2.45) is 11.8 Å². The molecule has 49 heavy (non-hydrogen) atoms. The summed E-state index contributed by atoms with van der Waals surface area (Å²) < 4.78 is 63.2. The Labute approximate surface area is 294 Å². The predicted octanol–water partition coefficient (Wildman–Crippen LogP) is 8.12. The fraction of sp³-hybridized carbons (Fsp3) is 0.667. The van der Waals surface area contributed by atoms with Crippen LogP contribution in [-0.2, 0) is 42.8 Å². The van der Waals surface area contributed by atoms with Crippen LogP contribution in [0.5, 0.6) is 0 Å². The summed E-state index contributed by atoms with van der Waals surface area (Å²) in [4.78, 5) is 11.7. The van der Waals surface area contributed by atoms with Gasteiger partial charge in [0.1, 0.15) is 0 Å². The Balaban J connectivity index is 1.61. The summed E-state index contributed by atoms with van der Waals surface area (Å²) in [6.07, 6.45) is 19.3. The summed E-state index contributed by atoms with van der Waals surface area (Å²) in [5.74, 6) is -0.564. The van der Waals surface area contributed by atoms with E-state index in [4.69, 9.17) is 27.9 Å². The Kier molecular flexibility index (Phi) is 16.5. The van der Waals surface area contributed by atoms with Crippen LogP contribution in [0.4, 0.5) is 0 Å². The summed E-state index contributed by atoms with van der Waals surface area (Å²) >= 11 is 0. The molecule has 3 fully saturated rings. The standard InChI is InChI=1S/C39H58O9S/c1-29(2)14-13-15-31(46-38-18-9-11-26-44-38)22-25-34-33(16-7-5-6-8-17-37(40)43-4)36(28-35(34)47-39-19-10-12-27-45-39)48-49(41,42)32-23-20-30(3)21-24-32/h5,7,14,20-25,31,33-36,38-39H,6,8-13,15-19,26-28H2,1-4H3/t31-,33+,34+,35+,36-,38?,39?/m0/s1. The van der Waals surface area contributed by atoms with Gasteiger partial charge < -0.3 is 23.7 Å². The molecule has 7 atom stereocenters. The maximum absolute atomic E-state index is 13.6. The molecular formula is C39H58O9S. The highest BCUT2D eigenvalue weighted by atomic mass is 32.2. The van der Waals surface area contributed by atoms with Crippen molar-refractivity contribution in [2.45, 2.75) is 140 Å². The van der Waals surface area contributed by atoms with Gasteiger partial charge in [-0.25, -0.2) is 0 Å². The van der Waals surface area contributed by atoms with Gasteiger partial charge in [-0.05, 0) is 109 Å². The van der Waals surface area contributed by atoms with Crippen LogP contribution in [0.15, 0.2) is 65.1 Å². The fourth-order valence-corrected chi connectivity index (χ4v) is 7.83. The van der Waals surface area contributed by atoms with E-state index in [1.165, 1.54) is 12.7 Å². The normalized spacial score (nSPS) is 27.0. The van der Waals surface area contributed by atoms with Gasteiger partial charge in [0.15, 0.2) is 12.6 Å². The minimum Gasteiger partial charge on any atom is -0.469 e. The topological polar surface area (TPSA) is 107 Å². The van der Waals surface area contributed by atoms with Gasteiger partial charge in [-0.3, -0.25) is 8.98 Å². The third-order valence-electron chi connectivity index (χ3n) is 9.46. The van der Waals surface area contributed by atoms with Crippen molar-refractivity contribution in [2.75, 3.05) is 20.3 Å². The van der Waals surface area contributed by atoms with Crippen LogP contribution in [0.3, 0.4) is 0 Å². The summed E-state index contributed by atoms with van der Waals surface area (Å²) in [5.41, 5.74) is 2.24. The van der Waals surface area contributed by atoms with Gasteiger partial charge in [0.25, 0.3) is 10.1 Å². The molecule has 1 aliphatic carbocycles. The van der Waals surface area contributed by atoms with Crippen LogP contribution >= 0.6 is 0 Å². The summed E-state index contributed by atoms with van der Waals surface area (Å²) in [5, 5.41) is 0. The number of carbonyl (C=O) groups is 1. The molecule has 0 N–H and O–H groups in total. The minimum atomic E-state index is -4.03. The van der Waals surface area contributed by atoms with Crippen molar-refractivity contribution in [1.29, 1.82) is 0 Å². The zero-order chi connectivity index (χ0) is 35.1. The molecule has 274 valence electrons. The van der Waals surface area contributed by atoms with Crippen LogP contribution in [0.25, 0.3) is 0 Å². The van der Waals surface area contributed by atoms with Crippen molar-refractivity contribution < 1.29 is 41.1 Å². The van der Waals surface area contributed by atoms with Crippen molar-refractivity contribution in [3.63, 3.8) is 0 Å². The maximum atomic E-state index is 13.6. The SMILES string of the molecule is COC(=O)CCCC=CC[C@@H]1[C@@H](C=C[C@H](CCC=C(C)C)OC2CCCCO2)[C@H](OC2CCCCO2)C[C@@H]1OS(=O)(=O)c1ccc(C)cc1. The Morgan fingerprint density at radius 2 is 1.67 bits per heavy atom. The lowest BCUT2D eigenvalue weighted by Crippen LogP contribution is -2.31. The number of aryl methyl sites for hydroxylation is 1. The van der Waals surface area contributed by atoms with Gasteiger partial charge in [-0.1, -0.05) is 53.6 Å². The zero-order valence-corrected chi connectivity index (χ0v) is 30.7. The molecule has 2 heterocycles. The van der Waals surface area contributed by atoms with Crippen molar-refractivity contribution in [3.05, 3.63) is 65.8 Å². The van der Waals surface area contributed by atoms with Crippen LogP contribution in [0.1, 0.15) is 103 Å². The highest BCUT2D eigenvalue weighted by Gasteiger charge is 2.46. The number of unbranched alkanes of at least 4 members (excludes halogenated alkanes) is 1. The van der Waals surface area contributed by atoms with Gasteiger partial charge in [0.05, 0.1) is 30.3 Å². The third-order valence-corrected chi connectivity index (χ3v) is 10.8. The third kappa shape index (κ3) is 13.4. The Morgan fingerprint density at radius 1 is 0.959 bits per heavy atom. The molecule has 2 unspecified atom stereocenters. The lowest BCUT2D eigenvalue weighted by molar-refractivity contribution is -0.193. The van der Waals surface area contributed by atoms with Crippen molar-refractivity contribution in [3.8, 4) is 0 Å². The molecule has 1 aromatic carbocycles. The number of methoxy groups -OCH3 is 1. The van der Waals surface area contributed by atoms with Gasteiger partial charge >= 0.3 is 5.97 Å². The molecule has 2 saturated heterocycles. The molecule has 0 spiro atoms. The van der Waals surface area contributed by atoms with Gasteiger partial charge in [0.2, 0.25) is 0 Å². The Morgan fingerprint density at radius 3 is 2.33 bits per heavy atom. The summed E-state index contributed by atoms with van der Waals surface area (Å²) in [6.45, 7) is 7.48. The molecule has 1 aromatic rings. The monoisotopic (exact) mass is 702 g/mol. The summed E-state index contributed by atoms with van der Waals surface area (Å²) in [7, 11) is -2.63. The highest BCUT2D eigenvalue weighted by Crippen LogP contribution is 2.42. The van der Waals surface area contributed by atoms with Gasteiger partial charge in [-0.2, -0.15) is 8.42 Å². The molecule has 0 radical (unpaired) electrons. The first-order chi connectivity index (χ1) is 23.6. The number of carbonyl (C=O) groups excluding carboxylic acids is 1. The van der Waals surface area contributed by atoms with E-state index in [9.17, 15) is 13.2 Å². The number of rotatable bonds is 18. The number of benzene rings is 1. The first kappa shape index (κ1) is 39.4. The van der Waals surface area contributed by atoms with Gasteiger partial charge in [0, 0.05) is 32.0 Å². The second-order valence-electron chi connectivity index (χ2n) is 13.7. The average Bonchev–Trinajstić information content (AvgIpc) is 3.39. The summed E-state index contributed by atoms with van der Waals surface area (Å²) in [6, 6.07) is 6.75. The average molecular weight is 703 g/mol. The van der Waals surface area contributed by atoms with E-state index < -0.39 is 16.2 Å². The molecule has 4 rings (SSSR count). The van der Waals surface area contributed by atoms with E-state index in [0.29, 0.717) is 45.3 Å². The Bertz CT molecular complexity index is 1320. The van der Waals surface area contributed by atoms with Crippen molar-refractivity contribution >= 4 is 16.1 Å². The highest BCUT2D eigenvalue weighted by molar-refractivity contribution is 7.86. The molecule has 0 aromatic heterocycles. The smallest absolute Gasteiger partial charge is 0.305 e. The zero-order valence-electron chi connectivity index (χ0n) is 29.9. The largest absolute Gasteiger partial charge is 0.469 e. The first-order valence-corrected chi connectivity index (χ1v) is 19.6. The second kappa shape index (κ2) is 20.5. The van der Waals surface area contributed by atoms with Crippen LogP contribution in [0, 0.1) is 18.8 Å². The molecule has 9 nitrogen and oxygen atoms in total. The minimum absolute atomic E-state index is 0.141. The van der Waals surface area contributed by atoms with E-state index in [-0.39, 0.29) is 47.5 Å². The number of allylic oxidation sites excluding steroid dienone is 4. The molecule has 0 amide bonds. The fourth-order valence-electron chi connectivity index (χ4n) is 6.70. The second-order valence-corrected chi connectivity index (χ2v) is 15.3. The van der Waals surface area contributed by atoms with E-state index >= 15 is 0 Å². The molecule has 3 aliphatic rings. The van der Waals surface area contributed by atoms with Crippen molar-refractivity contribution in [1.82, 2.24) is 0 Å². The molecular weight excluding hydrogens is 644 g/mol. The predicted molar refractivity (Wildman–Crippen MR) is 189 cm³/mol. The lowest BCUT2D eigenvalue weighted by Gasteiger charge is -2.30. The van der Waals surface area contributed by atoms with E-state index in [2.05, 4.69) is 44.2 Å². The van der Waals surface area contributed by atoms with E-state index in [1.807, 2.05) is 6.92 Å². The maximum Gasteiger partial charge on any atom is 0.305 e.